The second-order valence-corrected chi connectivity index (χ2v) is 7.74. The Morgan fingerprint density at radius 1 is 0.897 bits per heavy atom. The zero-order chi connectivity index (χ0) is 21.4. The van der Waals surface area contributed by atoms with Crippen LogP contribution in [0.4, 0.5) is 13.2 Å². The van der Waals surface area contributed by atoms with Gasteiger partial charge in [-0.15, -0.1) is 0 Å². The fourth-order valence-corrected chi connectivity index (χ4v) is 3.33. The van der Waals surface area contributed by atoms with E-state index >= 15 is 0 Å². The molecule has 0 N–H and O–H groups in total. The third kappa shape index (κ3) is 3.71. The van der Waals surface area contributed by atoms with Crippen LogP contribution in [-0.4, -0.2) is 32.1 Å². The minimum atomic E-state index is -6.01. The number of ketones is 2. The number of alkyl halides is 3. The molecule has 0 atom stereocenters. The summed E-state index contributed by atoms with van der Waals surface area (Å²) in [5.74, 6) is -2.18. The number of halogens is 3. The maximum atomic E-state index is 13.0. The monoisotopic (exact) mass is 428 g/mol. The third-order valence-electron chi connectivity index (χ3n) is 4.23. The number of fused-ring (bicyclic) bond motifs is 2. The SMILES string of the molecule is CCCCOc1cccc2c1C(=O)c1cccc(OS(=O)(=O)C(F)(F)F)c1C2=O. The van der Waals surface area contributed by atoms with Crippen LogP contribution in [0.2, 0.25) is 0 Å². The number of hydrogen-bond acceptors (Lipinski definition) is 6. The van der Waals surface area contributed by atoms with E-state index in [4.69, 9.17) is 4.74 Å². The van der Waals surface area contributed by atoms with E-state index in [1.54, 1.807) is 0 Å². The summed E-state index contributed by atoms with van der Waals surface area (Å²) in [5.41, 5.74) is -6.60. The van der Waals surface area contributed by atoms with Crippen LogP contribution in [0, 0.1) is 0 Å². The van der Waals surface area contributed by atoms with Gasteiger partial charge in [0.1, 0.15) is 5.75 Å². The number of rotatable bonds is 6. The standard InChI is InChI=1S/C19H15F3O6S/c1-2-3-10-27-13-8-4-6-11-15(13)17(23)12-7-5-9-14(16(12)18(11)24)28-29(25,26)19(20,21)22/h4-9H,2-3,10H2,1H3. The van der Waals surface area contributed by atoms with Gasteiger partial charge in [-0.3, -0.25) is 9.59 Å². The Morgan fingerprint density at radius 2 is 1.41 bits per heavy atom. The molecule has 154 valence electrons. The summed E-state index contributed by atoms with van der Waals surface area (Å²) in [6.45, 7) is 2.26. The molecule has 0 radical (unpaired) electrons. The molecular formula is C19H15F3O6S. The Hall–Kier alpha value is -2.88. The zero-order valence-corrected chi connectivity index (χ0v) is 15.9. The molecule has 0 unspecified atom stereocenters. The number of ether oxygens (including phenoxy) is 1. The van der Waals surface area contributed by atoms with Gasteiger partial charge < -0.3 is 8.92 Å². The van der Waals surface area contributed by atoms with Crippen molar-refractivity contribution < 1.29 is 40.1 Å². The molecule has 0 aromatic heterocycles. The van der Waals surface area contributed by atoms with Gasteiger partial charge in [-0.25, -0.2) is 0 Å². The molecule has 0 heterocycles. The Balaban J connectivity index is 2.10. The summed E-state index contributed by atoms with van der Waals surface area (Å²) in [6, 6.07) is 7.54. The largest absolute Gasteiger partial charge is 0.534 e. The van der Waals surface area contributed by atoms with Crippen molar-refractivity contribution in [1.82, 2.24) is 0 Å². The number of hydrogen-bond donors (Lipinski definition) is 0. The lowest BCUT2D eigenvalue weighted by Gasteiger charge is -2.22. The number of unbranched alkanes of at least 4 members (excludes halogenated alkanes) is 1. The van der Waals surface area contributed by atoms with Crippen LogP contribution in [0.25, 0.3) is 0 Å². The lowest BCUT2D eigenvalue weighted by atomic mass is 9.83. The smallest absolute Gasteiger partial charge is 0.493 e. The first kappa shape index (κ1) is 20.8. The van der Waals surface area contributed by atoms with E-state index in [-0.39, 0.29) is 22.4 Å². The van der Waals surface area contributed by atoms with Gasteiger partial charge in [0.2, 0.25) is 0 Å². The van der Waals surface area contributed by atoms with E-state index in [1.807, 2.05) is 6.92 Å². The van der Waals surface area contributed by atoms with Crippen LogP contribution >= 0.6 is 0 Å². The highest BCUT2D eigenvalue weighted by Crippen LogP contribution is 2.38. The molecule has 3 rings (SSSR count). The van der Waals surface area contributed by atoms with Crippen molar-refractivity contribution in [2.75, 3.05) is 6.61 Å². The third-order valence-corrected chi connectivity index (χ3v) is 5.20. The summed E-state index contributed by atoms with van der Waals surface area (Å²) >= 11 is 0. The molecule has 29 heavy (non-hydrogen) atoms. The van der Waals surface area contributed by atoms with Gasteiger partial charge in [0.25, 0.3) is 0 Å². The van der Waals surface area contributed by atoms with Crippen molar-refractivity contribution in [1.29, 1.82) is 0 Å². The molecule has 10 heteroatoms. The summed E-state index contributed by atoms with van der Waals surface area (Å²) in [5, 5.41) is 0. The van der Waals surface area contributed by atoms with E-state index in [1.165, 1.54) is 24.3 Å². The minimum Gasteiger partial charge on any atom is -0.493 e. The number of carbonyl (C=O) groups excluding carboxylic acids is 2. The van der Waals surface area contributed by atoms with Crippen LogP contribution in [0.1, 0.15) is 51.6 Å². The normalized spacial score (nSPS) is 13.7. The van der Waals surface area contributed by atoms with Gasteiger partial charge >= 0.3 is 15.6 Å². The number of carbonyl (C=O) groups is 2. The lowest BCUT2D eigenvalue weighted by molar-refractivity contribution is -0.0500. The van der Waals surface area contributed by atoms with Crippen molar-refractivity contribution in [2.24, 2.45) is 0 Å². The quantitative estimate of drug-likeness (QED) is 0.337. The second-order valence-electron chi connectivity index (χ2n) is 6.20. The maximum absolute atomic E-state index is 13.0. The molecule has 0 aliphatic heterocycles. The van der Waals surface area contributed by atoms with Crippen molar-refractivity contribution in [3.8, 4) is 11.5 Å². The van der Waals surface area contributed by atoms with Crippen LogP contribution < -0.4 is 8.92 Å². The maximum Gasteiger partial charge on any atom is 0.534 e. The zero-order valence-electron chi connectivity index (χ0n) is 15.1. The Labute approximate surface area is 164 Å². The average Bonchev–Trinajstić information content (AvgIpc) is 2.65. The molecular weight excluding hydrogens is 413 g/mol. The molecule has 2 aromatic carbocycles. The lowest BCUT2D eigenvalue weighted by Crippen LogP contribution is -2.30. The highest BCUT2D eigenvalue weighted by molar-refractivity contribution is 7.88. The van der Waals surface area contributed by atoms with Crippen molar-refractivity contribution in [3.05, 3.63) is 58.7 Å². The van der Waals surface area contributed by atoms with Crippen LogP contribution in [0.5, 0.6) is 11.5 Å². The number of benzene rings is 2. The van der Waals surface area contributed by atoms with Crippen LogP contribution in [-0.2, 0) is 10.1 Å². The fraction of sp³-hybridized carbons (Fsp3) is 0.263. The van der Waals surface area contributed by atoms with Gasteiger partial charge in [-0.1, -0.05) is 37.6 Å². The minimum absolute atomic E-state index is 0.0167. The summed E-state index contributed by atoms with van der Waals surface area (Å²) in [4.78, 5) is 25.9. The molecule has 0 saturated heterocycles. The first-order chi connectivity index (χ1) is 13.6. The Bertz CT molecular complexity index is 1090. The first-order valence-corrected chi connectivity index (χ1v) is 9.98. The van der Waals surface area contributed by atoms with E-state index in [0.29, 0.717) is 6.61 Å². The van der Waals surface area contributed by atoms with E-state index in [0.717, 1.165) is 25.0 Å². The van der Waals surface area contributed by atoms with Gasteiger partial charge in [-0.2, -0.15) is 21.6 Å². The Morgan fingerprint density at radius 3 is 1.93 bits per heavy atom. The molecule has 2 aromatic rings. The van der Waals surface area contributed by atoms with Gasteiger partial charge in [0.15, 0.2) is 17.3 Å². The van der Waals surface area contributed by atoms with Gasteiger partial charge in [-0.05, 0) is 18.6 Å². The molecule has 0 amide bonds. The predicted molar refractivity (Wildman–Crippen MR) is 95.8 cm³/mol. The van der Waals surface area contributed by atoms with Crippen molar-refractivity contribution >= 4 is 21.7 Å². The first-order valence-electron chi connectivity index (χ1n) is 8.57. The van der Waals surface area contributed by atoms with Crippen molar-refractivity contribution in [2.45, 2.75) is 25.3 Å². The molecule has 1 aliphatic carbocycles. The molecule has 0 fully saturated rings. The van der Waals surface area contributed by atoms with E-state index in [9.17, 15) is 31.2 Å². The predicted octanol–water partition coefficient (Wildman–Crippen LogP) is 3.87. The highest BCUT2D eigenvalue weighted by Gasteiger charge is 2.49. The van der Waals surface area contributed by atoms with Crippen LogP contribution in [0.15, 0.2) is 36.4 Å². The van der Waals surface area contributed by atoms with E-state index < -0.39 is 38.5 Å². The molecule has 0 bridgehead atoms. The Kier molecular flexibility index (Phi) is 5.40. The molecule has 6 nitrogen and oxygen atoms in total. The molecule has 0 saturated carbocycles. The summed E-state index contributed by atoms with van der Waals surface area (Å²) < 4.78 is 70.5. The van der Waals surface area contributed by atoms with Crippen molar-refractivity contribution in [3.63, 3.8) is 0 Å². The molecule has 0 spiro atoms. The molecule has 1 aliphatic rings. The van der Waals surface area contributed by atoms with Gasteiger partial charge in [0, 0.05) is 11.1 Å². The topological polar surface area (TPSA) is 86.7 Å². The fourth-order valence-electron chi connectivity index (χ4n) is 2.86. The summed E-state index contributed by atoms with van der Waals surface area (Å²) in [7, 11) is -6.01. The average molecular weight is 428 g/mol. The van der Waals surface area contributed by atoms with E-state index in [2.05, 4.69) is 4.18 Å². The van der Waals surface area contributed by atoms with Gasteiger partial charge in [0.05, 0.1) is 17.7 Å². The second kappa shape index (κ2) is 7.51. The summed E-state index contributed by atoms with van der Waals surface area (Å²) in [6.07, 6.45) is 1.56. The van der Waals surface area contributed by atoms with Crippen LogP contribution in [0.3, 0.4) is 0 Å². The highest BCUT2D eigenvalue weighted by atomic mass is 32.2.